The molecule has 1 aromatic rings. The van der Waals surface area contributed by atoms with Gasteiger partial charge in [0.25, 0.3) is 0 Å². The Kier molecular flexibility index (Phi) is 4.87. The van der Waals surface area contributed by atoms with Gasteiger partial charge in [-0.3, -0.25) is 9.59 Å². The monoisotopic (exact) mass is 354 g/mol. The second-order valence-electron chi connectivity index (χ2n) is 4.94. The number of halogens is 5. The average molecular weight is 355 g/mol. The number of anilines is 1. The zero-order valence-corrected chi connectivity index (χ0v) is 12.6. The van der Waals surface area contributed by atoms with Gasteiger partial charge in [-0.05, 0) is 18.2 Å². The highest BCUT2D eigenvalue weighted by atomic mass is 35.5. The quantitative estimate of drug-likeness (QED) is 0.904. The number of benzene rings is 1. The Morgan fingerprint density at radius 2 is 1.86 bits per heavy atom. The van der Waals surface area contributed by atoms with Gasteiger partial charge in [0.1, 0.15) is 6.54 Å². The van der Waals surface area contributed by atoms with E-state index in [4.69, 9.17) is 23.2 Å². The molecule has 0 radical (unpaired) electrons. The van der Waals surface area contributed by atoms with Crippen molar-refractivity contribution in [2.75, 3.05) is 18.4 Å². The van der Waals surface area contributed by atoms with Gasteiger partial charge in [-0.2, -0.15) is 13.2 Å². The molecule has 1 atom stereocenters. The smallest absolute Gasteiger partial charge is 0.333 e. The first-order chi connectivity index (χ1) is 10.1. The topological polar surface area (TPSA) is 49.4 Å². The number of nitrogens with one attached hydrogen (secondary N) is 1. The molecule has 1 N–H and O–H groups in total. The maximum Gasteiger partial charge on any atom is 0.406 e. The fraction of sp³-hybridized carbons (Fsp3) is 0.385. The van der Waals surface area contributed by atoms with E-state index < -0.39 is 30.5 Å². The van der Waals surface area contributed by atoms with Crippen molar-refractivity contribution in [1.82, 2.24) is 4.90 Å². The normalized spacial score (nSPS) is 18.7. The molecule has 9 heteroatoms. The number of carbonyl (C=O) groups excluding carboxylic acids is 2. The number of likely N-dealkylation sites (tertiary alicyclic amines) is 1. The number of amides is 2. The predicted octanol–water partition coefficient (Wildman–Crippen LogP) is 3.34. The number of hydrogen-bond donors (Lipinski definition) is 1. The second kappa shape index (κ2) is 6.34. The van der Waals surface area contributed by atoms with Crippen LogP contribution in [-0.2, 0) is 9.59 Å². The Bertz CT molecular complexity index is 587. The molecule has 22 heavy (non-hydrogen) atoms. The van der Waals surface area contributed by atoms with Gasteiger partial charge in [-0.25, -0.2) is 0 Å². The molecular formula is C13H11Cl2F3N2O2. The van der Waals surface area contributed by atoms with Crippen LogP contribution >= 0.6 is 23.2 Å². The summed E-state index contributed by atoms with van der Waals surface area (Å²) in [6, 6.07) is 4.38. The summed E-state index contributed by atoms with van der Waals surface area (Å²) in [4.78, 5) is 24.2. The SMILES string of the molecule is O=C(Nc1cc(Cl)cc(Cl)c1)C1CC(=O)N(CC(F)(F)F)C1. The molecule has 120 valence electrons. The fourth-order valence-electron chi connectivity index (χ4n) is 2.19. The summed E-state index contributed by atoms with van der Waals surface area (Å²) < 4.78 is 37.0. The second-order valence-corrected chi connectivity index (χ2v) is 5.81. The van der Waals surface area contributed by atoms with Crippen LogP contribution in [0, 0.1) is 5.92 Å². The van der Waals surface area contributed by atoms with Crippen LogP contribution in [0.1, 0.15) is 6.42 Å². The molecule has 0 bridgehead atoms. The third-order valence-corrected chi connectivity index (χ3v) is 3.52. The molecule has 0 spiro atoms. The van der Waals surface area contributed by atoms with E-state index in [0.717, 1.165) is 0 Å². The Morgan fingerprint density at radius 1 is 1.27 bits per heavy atom. The molecule has 2 rings (SSSR count). The Labute approximate surface area is 134 Å². The molecule has 0 saturated carbocycles. The maximum absolute atomic E-state index is 12.3. The van der Waals surface area contributed by atoms with Crippen LogP contribution in [0.25, 0.3) is 0 Å². The molecule has 4 nitrogen and oxygen atoms in total. The van der Waals surface area contributed by atoms with E-state index in [9.17, 15) is 22.8 Å². The van der Waals surface area contributed by atoms with Crippen LogP contribution < -0.4 is 5.32 Å². The third kappa shape index (κ3) is 4.51. The summed E-state index contributed by atoms with van der Waals surface area (Å²) in [6.07, 6.45) is -4.74. The first-order valence-electron chi connectivity index (χ1n) is 6.25. The summed E-state index contributed by atoms with van der Waals surface area (Å²) in [6.45, 7) is -1.61. The molecule has 1 saturated heterocycles. The molecule has 0 aliphatic carbocycles. The van der Waals surface area contributed by atoms with Gasteiger partial charge in [0, 0.05) is 28.7 Å². The van der Waals surface area contributed by atoms with E-state index in [-0.39, 0.29) is 13.0 Å². The molecule has 1 aliphatic heterocycles. The van der Waals surface area contributed by atoms with Gasteiger partial charge in [0.15, 0.2) is 0 Å². The Balaban J connectivity index is 2.00. The Morgan fingerprint density at radius 3 is 2.41 bits per heavy atom. The highest BCUT2D eigenvalue weighted by Gasteiger charge is 2.40. The molecule has 1 aliphatic rings. The van der Waals surface area contributed by atoms with E-state index >= 15 is 0 Å². The predicted molar refractivity (Wildman–Crippen MR) is 75.8 cm³/mol. The first-order valence-corrected chi connectivity index (χ1v) is 7.01. The molecular weight excluding hydrogens is 344 g/mol. The van der Waals surface area contributed by atoms with Crippen LogP contribution in [0.3, 0.4) is 0 Å². The maximum atomic E-state index is 12.3. The lowest BCUT2D eigenvalue weighted by molar-refractivity contribution is -0.157. The highest BCUT2D eigenvalue weighted by molar-refractivity contribution is 6.35. The summed E-state index contributed by atoms with van der Waals surface area (Å²) in [5, 5.41) is 3.12. The average Bonchev–Trinajstić information content (AvgIpc) is 2.67. The van der Waals surface area contributed by atoms with Gasteiger partial charge in [-0.1, -0.05) is 23.2 Å². The van der Waals surface area contributed by atoms with Crippen molar-refractivity contribution >= 4 is 40.7 Å². The number of alkyl halides is 3. The van der Waals surface area contributed by atoms with Crippen molar-refractivity contribution in [2.24, 2.45) is 5.92 Å². The van der Waals surface area contributed by atoms with E-state index in [0.29, 0.717) is 20.6 Å². The van der Waals surface area contributed by atoms with Crippen LogP contribution in [0.2, 0.25) is 10.0 Å². The first kappa shape index (κ1) is 16.9. The molecule has 1 aromatic carbocycles. The minimum atomic E-state index is -4.48. The lowest BCUT2D eigenvalue weighted by Gasteiger charge is -2.18. The zero-order valence-electron chi connectivity index (χ0n) is 11.1. The summed E-state index contributed by atoms with van der Waals surface area (Å²) in [5.74, 6) is -2.08. The number of carbonyl (C=O) groups is 2. The lowest BCUT2D eigenvalue weighted by Crippen LogP contribution is -2.36. The van der Waals surface area contributed by atoms with Gasteiger partial charge in [-0.15, -0.1) is 0 Å². The molecule has 2 amide bonds. The van der Waals surface area contributed by atoms with Crippen molar-refractivity contribution in [3.05, 3.63) is 28.2 Å². The molecule has 0 aromatic heterocycles. The van der Waals surface area contributed by atoms with E-state index in [1.54, 1.807) is 0 Å². The van der Waals surface area contributed by atoms with Gasteiger partial charge >= 0.3 is 6.18 Å². The highest BCUT2D eigenvalue weighted by Crippen LogP contribution is 2.26. The van der Waals surface area contributed by atoms with Crippen LogP contribution in [0.5, 0.6) is 0 Å². The Hall–Kier alpha value is -1.47. The zero-order chi connectivity index (χ0) is 16.5. The third-order valence-electron chi connectivity index (χ3n) is 3.09. The number of hydrogen-bond acceptors (Lipinski definition) is 2. The van der Waals surface area contributed by atoms with Crippen LogP contribution in [0.4, 0.5) is 18.9 Å². The van der Waals surface area contributed by atoms with Gasteiger partial charge in [0.05, 0.1) is 5.92 Å². The molecule has 1 unspecified atom stereocenters. The fourth-order valence-corrected chi connectivity index (χ4v) is 2.71. The van der Waals surface area contributed by atoms with Crippen LogP contribution in [-0.4, -0.2) is 36.0 Å². The lowest BCUT2D eigenvalue weighted by atomic mass is 10.1. The van der Waals surface area contributed by atoms with Crippen molar-refractivity contribution < 1.29 is 22.8 Å². The summed E-state index contributed by atoms with van der Waals surface area (Å²) in [5.41, 5.74) is 0.323. The molecule has 1 heterocycles. The van der Waals surface area contributed by atoms with E-state index in [2.05, 4.69) is 5.32 Å². The van der Waals surface area contributed by atoms with Crippen molar-refractivity contribution in [2.45, 2.75) is 12.6 Å². The van der Waals surface area contributed by atoms with Crippen molar-refractivity contribution in [3.8, 4) is 0 Å². The minimum absolute atomic E-state index is 0.254. The number of nitrogens with zero attached hydrogens (tertiary/aromatic N) is 1. The van der Waals surface area contributed by atoms with Gasteiger partial charge < -0.3 is 10.2 Å². The van der Waals surface area contributed by atoms with E-state index in [1.807, 2.05) is 0 Å². The molecule has 1 fully saturated rings. The summed E-state index contributed by atoms with van der Waals surface area (Å²) in [7, 11) is 0. The van der Waals surface area contributed by atoms with Crippen molar-refractivity contribution in [1.29, 1.82) is 0 Å². The minimum Gasteiger partial charge on any atom is -0.333 e. The van der Waals surface area contributed by atoms with E-state index in [1.165, 1.54) is 18.2 Å². The summed E-state index contributed by atoms with van der Waals surface area (Å²) >= 11 is 11.6. The van der Waals surface area contributed by atoms with Crippen LogP contribution in [0.15, 0.2) is 18.2 Å². The van der Waals surface area contributed by atoms with Gasteiger partial charge in [0.2, 0.25) is 11.8 Å². The largest absolute Gasteiger partial charge is 0.406 e. The number of rotatable bonds is 3. The standard InChI is InChI=1S/C13H11Cl2F3N2O2/c14-8-2-9(15)4-10(3-8)19-12(22)7-1-11(21)20(5-7)6-13(16,17)18/h2-4,7H,1,5-6H2,(H,19,22). The van der Waals surface area contributed by atoms with Crippen molar-refractivity contribution in [3.63, 3.8) is 0 Å².